The first-order valence-corrected chi connectivity index (χ1v) is 6.14. The second-order valence-corrected chi connectivity index (χ2v) is 5.19. The molecule has 0 bridgehead atoms. The summed E-state index contributed by atoms with van der Waals surface area (Å²) in [4.78, 5) is 24.8. The predicted octanol–water partition coefficient (Wildman–Crippen LogP) is 2.82. The number of halogens is 1. The van der Waals surface area contributed by atoms with Crippen molar-refractivity contribution in [2.75, 3.05) is 13.7 Å². The third-order valence-corrected chi connectivity index (χ3v) is 2.21. The average molecular weight is 287 g/mol. The van der Waals surface area contributed by atoms with E-state index < -0.39 is 36.1 Å². The van der Waals surface area contributed by atoms with Gasteiger partial charge in [0.25, 0.3) is 0 Å². The Kier molecular flexibility index (Phi) is 6.96. The summed E-state index contributed by atoms with van der Waals surface area (Å²) in [6.07, 6.45) is 0.757. The van der Waals surface area contributed by atoms with Gasteiger partial charge in [-0.2, -0.15) is 0 Å². The van der Waals surface area contributed by atoms with E-state index in [1.54, 1.807) is 20.8 Å². The molecular formula is C14H22FNO4. The zero-order valence-electron chi connectivity index (χ0n) is 12.4. The third-order valence-electron chi connectivity index (χ3n) is 2.21. The highest BCUT2D eigenvalue weighted by molar-refractivity contribution is 5.81. The van der Waals surface area contributed by atoms with E-state index in [2.05, 4.69) is 17.9 Å². The Balaban J connectivity index is 5.27. The van der Waals surface area contributed by atoms with E-state index >= 15 is 0 Å². The Morgan fingerprint density at radius 1 is 1.40 bits per heavy atom. The van der Waals surface area contributed by atoms with Gasteiger partial charge in [0.05, 0.1) is 13.7 Å². The van der Waals surface area contributed by atoms with Crippen molar-refractivity contribution in [3.63, 3.8) is 0 Å². The highest BCUT2D eigenvalue weighted by Gasteiger charge is 2.33. The summed E-state index contributed by atoms with van der Waals surface area (Å²) < 4.78 is 22.9. The molecule has 0 fully saturated rings. The number of carbonyl (C=O) groups is 2. The molecule has 0 N–H and O–H groups in total. The summed E-state index contributed by atoms with van der Waals surface area (Å²) in [7, 11) is 1.19. The van der Waals surface area contributed by atoms with Gasteiger partial charge in [-0.25, -0.2) is 14.0 Å². The number of hydrogen-bond acceptors (Lipinski definition) is 4. The smallest absolute Gasteiger partial charge is 0.411 e. The maximum atomic E-state index is 13.1. The van der Waals surface area contributed by atoms with Gasteiger partial charge in [0, 0.05) is 0 Å². The molecule has 0 aliphatic rings. The molecule has 0 radical (unpaired) electrons. The van der Waals surface area contributed by atoms with E-state index in [-0.39, 0.29) is 6.42 Å². The first kappa shape index (κ1) is 18.1. The normalized spacial score (nSPS) is 12.2. The van der Waals surface area contributed by atoms with Gasteiger partial charge < -0.3 is 9.47 Å². The summed E-state index contributed by atoms with van der Waals surface area (Å²) in [5.41, 5.74) is -0.762. The largest absolute Gasteiger partial charge is 0.467 e. The van der Waals surface area contributed by atoms with E-state index in [4.69, 9.17) is 4.74 Å². The quantitative estimate of drug-likeness (QED) is 0.557. The van der Waals surface area contributed by atoms with Gasteiger partial charge >= 0.3 is 12.1 Å². The van der Waals surface area contributed by atoms with Gasteiger partial charge in [0.1, 0.15) is 17.5 Å². The van der Waals surface area contributed by atoms with E-state index in [9.17, 15) is 14.0 Å². The van der Waals surface area contributed by atoms with Crippen LogP contribution >= 0.6 is 0 Å². The topological polar surface area (TPSA) is 55.8 Å². The molecule has 20 heavy (non-hydrogen) atoms. The molecular weight excluding hydrogens is 265 g/mol. The monoisotopic (exact) mass is 287 g/mol. The molecule has 0 saturated heterocycles. The standard InChI is InChI=1S/C14H22FNO4/c1-7-8-11(12(17)19-6)16(9-10(2)15)13(18)20-14(3,4)5/h7,11H,1-2,8-9H2,3-6H3. The highest BCUT2D eigenvalue weighted by atomic mass is 19.1. The van der Waals surface area contributed by atoms with Crippen LogP contribution in [0.5, 0.6) is 0 Å². The van der Waals surface area contributed by atoms with Crippen molar-refractivity contribution in [1.82, 2.24) is 4.90 Å². The van der Waals surface area contributed by atoms with Crippen LogP contribution in [0.1, 0.15) is 27.2 Å². The SMILES string of the molecule is C=CCC(C(=O)OC)N(CC(=C)F)C(=O)OC(C)(C)C. The summed E-state index contributed by atoms with van der Waals surface area (Å²) in [5, 5.41) is 0. The van der Waals surface area contributed by atoms with Crippen LogP contribution in [-0.2, 0) is 14.3 Å². The van der Waals surface area contributed by atoms with Gasteiger partial charge in [0.2, 0.25) is 0 Å². The first-order chi connectivity index (χ1) is 9.12. The molecule has 114 valence electrons. The number of amides is 1. The van der Waals surface area contributed by atoms with E-state index in [0.717, 1.165) is 4.90 Å². The predicted molar refractivity (Wildman–Crippen MR) is 73.8 cm³/mol. The van der Waals surface area contributed by atoms with E-state index in [1.807, 2.05) is 0 Å². The van der Waals surface area contributed by atoms with Gasteiger partial charge in [-0.05, 0) is 27.2 Å². The molecule has 0 rings (SSSR count). The van der Waals surface area contributed by atoms with Gasteiger partial charge in [-0.15, -0.1) is 6.58 Å². The molecule has 0 spiro atoms. The molecule has 0 aromatic rings. The molecule has 0 aromatic carbocycles. The maximum absolute atomic E-state index is 13.1. The lowest BCUT2D eigenvalue weighted by Gasteiger charge is -2.31. The average Bonchev–Trinajstić information content (AvgIpc) is 2.30. The lowest BCUT2D eigenvalue weighted by atomic mass is 10.1. The second kappa shape index (κ2) is 7.67. The molecule has 0 aliphatic carbocycles. The van der Waals surface area contributed by atoms with Crippen LogP contribution in [0.2, 0.25) is 0 Å². The van der Waals surface area contributed by atoms with Gasteiger partial charge in [-0.1, -0.05) is 12.7 Å². The zero-order valence-corrected chi connectivity index (χ0v) is 12.4. The first-order valence-electron chi connectivity index (χ1n) is 6.14. The Morgan fingerprint density at radius 2 is 1.95 bits per heavy atom. The fourth-order valence-electron chi connectivity index (χ4n) is 1.45. The lowest BCUT2D eigenvalue weighted by Crippen LogP contribution is -2.48. The molecule has 0 heterocycles. The molecule has 5 nitrogen and oxygen atoms in total. The lowest BCUT2D eigenvalue weighted by molar-refractivity contribution is -0.146. The number of nitrogens with zero attached hydrogens (tertiary/aromatic N) is 1. The minimum atomic E-state index is -1.00. The van der Waals surface area contributed by atoms with Crippen molar-refractivity contribution >= 4 is 12.1 Å². The highest BCUT2D eigenvalue weighted by Crippen LogP contribution is 2.16. The molecule has 6 heteroatoms. The van der Waals surface area contributed by atoms with Crippen LogP contribution in [0, 0.1) is 0 Å². The molecule has 1 atom stereocenters. The van der Waals surface area contributed by atoms with Crippen molar-refractivity contribution in [2.45, 2.75) is 38.8 Å². The Morgan fingerprint density at radius 3 is 2.30 bits per heavy atom. The van der Waals surface area contributed by atoms with Crippen molar-refractivity contribution in [3.05, 3.63) is 25.1 Å². The van der Waals surface area contributed by atoms with Crippen LogP contribution in [-0.4, -0.2) is 42.3 Å². The summed E-state index contributed by atoms with van der Waals surface area (Å²) >= 11 is 0. The minimum Gasteiger partial charge on any atom is -0.467 e. The maximum Gasteiger partial charge on any atom is 0.411 e. The summed E-state index contributed by atoms with van der Waals surface area (Å²) in [6.45, 7) is 11.2. The Labute approximate surface area is 119 Å². The third kappa shape index (κ3) is 6.36. The van der Waals surface area contributed by atoms with Gasteiger partial charge in [0.15, 0.2) is 0 Å². The van der Waals surface area contributed by atoms with Crippen LogP contribution in [0.25, 0.3) is 0 Å². The molecule has 1 unspecified atom stereocenters. The number of hydrogen-bond donors (Lipinski definition) is 0. The summed E-state index contributed by atoms with van der Waals surface area (Å²) in [6, 6.07) is -1.00. The molecule has 0 aromatic heterocycles. The second-order valence-electron chi connectivity index (χ2n) is 5.19. The Hall–Kier alpha value is -1.85. The number of carbonyl (C=O) groups excluding carboxylic acids is 2. The molecule has 0 aliphatic heterocycles. The number of rotatable bonds is 6. The minimum absolute atomic E-state index is 0.124. The van der Waals surface area contributed by atoms with E-state index in [0.29, 0.717) is 0 Å². The Bertz CT molecular complexity index is 387. The fraction of sp³-hybridized carbons (Fsp3) is 0.571. The molecule has 1 amide bonds. The van der Waals surface area contributed by atoms with Crippen LogP contribution < -0.4 is 0 Å². The van der Waals surface area contributed by atoms with Crippen LogP contribution in [0.4, 0.5) is 9.18 Å². The number of ether oxygens (including phenoxy) is 2. The molecule has 0 saturated carbocycles. The fourth-order valence-corrected chi connectivity index (χ4v) is 1.45. The van der Waals surface area contributed by atoms with Gasteiger partial charge in [-0.3, -0.25) is 4.90 Å². The van der Waals surface area contributed by atoms with Crippen molar-refractivity contribution < 1.29 is 23.5 Å². The summed E-state index contributed by atoms with van der Waals surface area (Å²) in [5.74, 6) is -1.43. The zero-order chi connectivity index (χ0) is 15.9. The van der Waals surface area contributed by atoms with Crippen molar-refractivity contribution in [2.24, 2.45) is 0 Å². The van der Waals surface area contributed by atoms with Crippen LogP contribution in [0.3, 0.4) is 0 Å². The number of esters is 1. The van der Waals surface area contributed by atoms with Crippen molar-refractivity contribution in [3.8, 4) is 0 Å². The van der Waals surface area contributed by atoms with Crippen molar-refractivity contribution in [1.29, 1.82) is 0 Å². The van der Waals surface area contributed by atoms with E-state index in [1.165, 1.54) is 13.2 Å². The van der Waals surface area contributed by atoms with Crippen LogP contribution in [0.15, 0.2) is 25.1 Å². The number of methoxy groups -OCH3 is 1.